The molecular weight excluding hydrogens is 254 g/mol. The second-order valence-corrected chi connectivity index (χ2v) is 4.52. The third-order valence-corrected chi connectivity index (χ3v) is 2.78. The van der Waals surface area contributed by atoms with Gasteiger partial charge in [-0.15, -0.1) is 0 Å². The molecule has 4 heteroatoms. The van der Waals surface area contributed by atoms with Crippen LogP contribution in [0.5, 0.6) is 5.75 Å². The van der Waals surface area contributed by atoms with Crippen LogP contribution in [-0.2, 0) is 4.74 Å². The highest BCUT2D eigenvalue weighted by Gasteiger charge is 2.05. The number of hydrogen-bond acceptors (Lipinski definition) is 4. The van der Waals surface area contributed by atoms with Crippen molar-refractivity contribution in [3.63, 3.8) is 0 Å². The summed E-state index contributed by atoms with van der Waals surface area (Å²) in [6, 6.07) is 7.32. The Morgan fingerprint density at radius 1 is 1.15 bits per heavy atom. The van der Waals surface area contributed by atoms with Gasteiger partial charge in [0.25, 0.3) is 0 Å². The number of hydrogen-bond donors (Lipinski definition) is 1. The molecule has 0 amide bonds. The Kier molecular flexibility index (Phi) is 8.67. The zero-order valence-corrected chi connectivity index (χ0v) is 12.5. The third kappa shape index (κ3) is 6.68. The van der Waals surface area contributed by atoms with Crippen LogP contribution in [0.4, 0.5) is 0 Å². The number of ether oxygens (including phenoxy) is 2. The fourth-order valence-corrected chi connectivity index (χ4v) is 1.70. The van der Waals surface area contributed by atoms with Crippen molar-refractivity contribution in [2.45, 2.75) is 26.7 Å². The van der Waals surface area contributed by atoms with Crippen LogP contribution < -0.4 is 10.1 Å². The van der Waals surface area contributed by atoms with Gasteiger partial charge in [-0.1, -0.05) is 6.92 Å². The monoisotopic (exact) mass is 279 g/mol. The molecule has 0 radical (unpaired) electrons. The Morgan fingerprint density at radius 3 is 2.55 bits per heavy atom. The molecule has 0 aromatic heterocycles. The molecule has 0 saturated heterocycles. The smallest absolute Gasteiger partial charge is 0.176 e. The zero-order chi connectivity index (χ0) is 14.6. The van der Waals surface area contributed by atoms with Gasteiger partial charge in [-0.2, -0.15) is 0 Å². The summed E-state index contributed by atoms with van der Waals surface area (Å²) < 4.78 is 10.7. The number of carbonyl (C=O) groups excluding carboxylic acids is 1. The average molecular weight is 279 g/mol. The van der Waals surface area contributed by atoms with Crippen molar-refractivity contribution in [3.05, 3.63) is 29.8 Å². The molecule has 4 nitrogen and oxygen atoms in total. The Balaban J connectivity index is 2.25. The maximum absolute atomic E-state index is 11.9. The topological polar surface area (TPSA) is 47.6 Å². The van der Waals surface area contributed by atoms with Crippen LogP contribution in [0, 0.1) is 0 Å². The van der Waals surface area contributed by atoms with Gasteiger partial charge < -0.3 is 14.8 Å². The molecule has 0 aliphatic carbocycles. The lowest BCUT2D eigenvalue weighted by Crippen LogP contribution is -2.24. The van der Waals surface area contributed by atoms with Gasteiger partial charge in [-0.3, -0.25) is 4.79 Å². The van der Waals surface area contributed by atoms with Crippen LogP contribution in [0.1, 0.15) is 37.0 Å². The van der Waals surface area contributed by atoms with Crippen LogP contribution in [0.25, 0.3) is 0 Å². The first-order valence-corrected chi connectivity index (χ1v) is 7.32. The minimum atomic E-state index is 0.100. The van der Waals surface area contributed by atoms with Crippen molar-refractivity contribution < 1.29 is 14.3 Å². The average Bonchev–Trinajstić information content (AvgIpc) is 2.49. The largest absolute Gasteiger partial charge is 0.494 e. The van der Waals surface area contributed by atoms with E-state index in [1.807, 2.05) is 31.2 Å². The summed E-state index contributed by atoms with van der Waals surface area (Å²) in [7, 11) is 0. The summed E-state index contributed by atoms with van der Waals surface area (Å²) in [4.78, 5) is 11.9. The lowest BCUT2D eigenvalue weighted by molar-refractivity contribution is 0.0988. The van der Waals surface area contributed by atoms with Crippen LogP contribution in [0.3, 0.4) is 0 Å². The van der Waals surface area contributed by atoms with Crippen molar-refractivity contribution in [2.24, 2.45) is 0 Å². The maximum atomic E-state index is 11.9. The molecule has 0 fully saturated rings. The van der Waals surface area contributed by atoms with Gasteiger partial charge in [0.1, 0.15) is 5.75 Å². The van der Waals surface area contributed by atoms with Gasteiger partial charge in [-0.05, 0) is 50.6 Å². The van der Waals surface area contributed by atoms with Crippen molar-refractivity contribution in [3.8, 4) is 5.75 Å². The first kappa shape index (κ1) is 16.7. The molecule has 0 aliphatic heterocycles. The van der Waals surface area contributed by atoms with Crippen LogP contribution in [0.2, 0.25) is 0 Å². The fourth-order valence-electron chi connectivity index (χ4n) is 1.70. The lowest BCUT2D eigenvalue weighted by atomic mass is 10.1. The number of Topliss-reactive ketones (excluding diaryl/α,β-unsaturated/α-hetero) is 1. The number of carbonyl (C=O) groups is 1. The number of rotatable bonds is 11. The van der Waals surface area contributed by atoms with Crippen LogP contribution in [-0.4, -0.2) is 38.7 Å². The SMILES string of the molecule is CCCOc1ccc(C(=O)CNCCCOCC)cc1. The van der Waals surface area contributed by atoms with Crippen molar-refractivity contribution in [2.75, 3.05) is 32.9 Å². The quantitative estimate of drug-likeness (QED) is 0.500. The lowest BCUT2D eigenvalue weighted by Gasteiger charge is -2.07. The van der Waals surface area contributed by atoms with E-state index in [4.69, 9.17) is 9.47 Å². The minimum Gasteiger partial charge on any atom is -0.494 e. The molecule has 0 heterocycles. The Hall–Kier alpha value is -1.39. The van der Waals surface area contributed by atoms with Crippen molar-refractivity contribution in [1.82, 2.24) is 5.32 Å². The molecule has 0 unspecified atom stereocenters. The van der Waals surface area contributed by atoms with E-state index in [2.05, 4.69) is 12.2 Å². The molecule has 20 heavy (non-hydrogen) atoms. The number of nitrogens with one attached hydrogen (secondary N) is 1. The summed E-state index contributed by atoms with van der Waals surface area (Å²) in [6.07, 6.45) is 1.90. The van der Waals surface area contributed by atoms with E-state index in [9.17, 15) is 4.79 Å². The van der Waals surface area contributed by atoms with Gasteiger partial charge in [0.2, 0.25) is 0 Å². The molecule has 0 spiro atoms. The zero-order valence-electron chi connectivity index (χ0n) is 12.5. The van der Waals surface area contributed by atoms with E-state index in [1.165, 1.54) is 0 Å². The predicted molar refractivity (Wildman–Crippen MR) is 80.5 cm³/mol. The second kappa shape index (κ2) is 10.4. The fraction of sp³-hybridized carbons (Fsp3) is 0.562. The van der Waals surface area contributed by atoms with E-state index < -0.39 is 0 Å². The van der Waals surface area contributed by atoms with E-state index >= 15 is 0 Å². The Morgan fingerprint density at radius 2 is 1.90 bits per heavy atom. The summed E-state index contributed by atoms with van der Waals surface area (Å²) in [5.41, 5.74) is 0.714. The summed E-state index contributed by atoms with van der Waals surface area (Å²) in [5.74, 6) is 0.913. The molecule has 1 aromatic carbocycles. The molecule has 0 atom stereocenters. The maximum Gasteiger partial charge on any atom is 0.176 e. The van der Waals surface area contributed by atoms with E-state index in [-0.39, 0.29) is 5.78 Å². The van der Waals surface area contributed by atoms with E-state index in [0.29, 0.717) is 18.7 Å². The van der Waals surface area contributed by atoms with Gasteiger partial charge in [0.15, 0.2) is 5.78 Å². The third-order valence-electron chi connectivity index (χ3n) is 2.78. The van der Waals surface area contributed by atoms with Crippen molar-refractivity contribution in [1.29, 1.82) is 0 Å². The van der Waals surface area contributed by atoms with Gasteiger partial charge >= 0.3 is 0 Å². The standard InChI is InChI=1S/C16H25NO3/c1-3-11-20-15-8-6-14(7-9-15)16(18)13-17-10-5-12-19-4-2/h6-9,17H,3-5,10-13H2,1-2H3. The van der Waals surface area contributed by atoms with Crippen LogP contribution in [0.15, 0.2) is 24.3 Å². The molecule has 0 aliphatic rings. The summed E-state index contributed by atoms with van der Waals surface area (Å²) in [6.45, 7) is 7.38. The molecule has 0 saturated carbocycles. The Bertz CT molecular complexity index is 376. The van der Waals surface area contributed by atoms with Gasteiger partial charge in [-0.25, -0.2) is 0 Å². The van der Waals surface area contributed by atoms with Gasteiger partial charge in [0, 0.05) is 18.8 Å². The molecule has 1 rings (SSSR count). The Labute approximate surface area is 121 Å². The highest BCUT2D eigenvalue weighted by Crippen LogP contribution is 2.12. The van der Waals surface area contributed by atoms with Crippen LogP contribution >= 0.6 is 0 Å². The van der Waals surface area contributed by atoms with Crippen molar-refractivity contribution >= 4 is 5.78 Å². The molecule has 1 N–H and O–H groups in total. The molecule has 1 aromatic rings. The van der Waals surface area contributed by atoms with E-state index in [0.717, 1.165) is 38.3 Å². The minimum absolute atomic E-state index is 0.100. The number of benzene rings is 1. The second-order valence-electron chi connectivity index (χ2n) is 4.52. The summed E-state index contributed by atoms with van der Waals surface area (Å²) >= 11 is 0. The number of ketones is 1. The van der Waals surface area contributed by atoms with E-state index in [1.54, 1.807) is 0 Å². The highest BCUT2D eigenvalue weighted by molar-refractivity contribution is 5.97. The molecule has 0 bridgehead atoms. The van der Waals surface area contributed by atoms with Gasteiger partial charge in [0.05, 0.1) is 13.2 Å². The first-order chi connectivity index (χ1) is 9.77. The highest BCUT2D eigenvalue weighted by atomic mass is 16.5. The predicted octanol–water partition coefficient (Wildman–Crippen LogP) is 2.67. The first-order valence-electron chi connectivity index (χ1n) is 7.32. The molecular formula is C16H25NO3. The summed E-state index contributed by atoms with van der Waals surface area (Å²) in [5, 5.41) is 3.13. The normalized spacial score (nSPS) is 10.5. The molecule has 112 valence electrons.